The van der Waals surface area contributed by atoms with Crippen LogP contribution in [0.5, 0.6) is 0 Å². The Hall–Kier alpha value is -1.59. The van der Waals surface area contributed by atoms with E-state index >= 15 is 0 Å². The van der Waals surface area contributed by atoms with E-state index in [1.807, 2.05) is 22.8 Å². The Labute approximate surface area is 125 Å². The van der Waals surface area contributed by atoms with Gasteiger partial charge in [0.25, 0.3) is 0 Å². The summed E-state index contributed by atoms with van der Waals surface area (Å²) >= 11 is 12.0. The summed E-state index contributed by atoms with van der Waals surface area (Å²) in [5.41, 5.74) is 1.84. The predicted octanol–water partition coefficient (Wildman–Crippen LogP) is 3.36. The van der Waals surface area contributed by atoms with Crippen molar-refractivity contribution in [3.63, 3.8) is 0 Å². The minimum absolute atomic E-state index is 0.342. The molecule has 7 heteroatoms. The lowest BCUT2D eigenvalue weighted by atomic mass is 10.3. The van der Waals surface area contributed by atoms with Crippen molar-refractivity contribution in [1.82, 2.24) is 19.7 Å². The van der Waals surface area contributed by atoms with E-state index in [1.54, 1.807) is 6.92 Å². The first-order valence-electron chi connectivity index (χ1n) is 6.17. The molecule has 0 amide bonds. The molecular formula is C13H12Cl2N4O. The smallest absolute Gasteiger partial charge is 0.228 e. The van der Waals surface area contributed by atoms with E-state index in [0.717, 1.165) is 16.9 Å². The van der Waals surface area contributed by atoms with Gasteiger partial charge in [0, 0.05) is 18.0 Å². The highest BCUT2D eigenvalue weighted by atomic mass is 35.5. The van der Waals surface area contributed by atoms with Gasteiger partial charge >= 0.3 is 0 Å². The van der Waals surface area contributed by atoms with Gasteiger partial charge in [-0.1, -0.05) is 16.8 Å². The molecule has 0 saturated carbocycles. The first-order valence-corrected chi connectivity index (χ1v) is 7.08. The van der Waals surface area contributed by atoms with Crippen molar-refractivity contribution in [3.05, 3.63) is 40.8 Å². The number of hydrogen-bond acceptors (Lipinski definition) is 4. The van der Waals surface area contributed by atoms with Gasteiger partial charge in [-0.2, -0.15) is 4.98 Å². The molecule has 0 aliphatic carbocycles. The maximum atomic E-state index is 6.05. The summed E-state index contributed by atoms with van der Waals surface area (Å²) in [4.78, 5) is 8.69. The van der Waals surface area contributed by atoms with Crippen molar-refractivity contribution in [1.29, 1.82) is 0 Å². The molecule has 0 bridgehead atoms. The lowest BCUT2D eigenvalue weighted by Crippen LogP contribution is -2.05. The summed E-state index contributed by atoms with van der Waals surface area (Å²) < 4.78 is 7.15. The van der Waals surface area contributed by atoms with E-state index in [1.165, 1.54) is 0 Å². The molecule has 2 heterocycles. The number of halogens is 2. The summed E-state index contributed by atoms with van der Waals surface area (Å²) in [6.07, 6.45) is 0.628. The largest absolute Gasteiger partial charge is 0.339 e. The Morgan fingerprint density at radius 3 is 2.85 bits per heavy atom. The number of fused-ring (bicyclic) bond motifs is 1. The number of nitrogens with zero attached hydrogens (tertiary/aromatic N) is 4. The summed E-state index contributed by atoms with van der Waals surface area (Å²) in [5, 5.41) is 4.45. The SMILES string of the molecule is Cc1noc(CCn2c(CCl)nc3ccc(Cl)cc32)n1. The average molecular weight is 311 g/mol. The molecule has 5 nitrogen and oxygen atoms in total. The molecule has 2 aromatic heterocycles. The molecule has 0 N–H and O–H groups in total. The first kappa shape index (κ1) is 13.4. The lowest BCUT2D eigenvalue weighted by Gasteiger charge is -2.05. The Kier molecular flexibility index (Phi) is 3.63. The third kappa shape index (κ3) is 2.51. The van der Waals surface area contributed by atoms with Crippen LogP contribution in [0.2, 0.25) is 5.02 Å². The number of alkyl halides is 1. The maximum Gasteiger partial charge on any atom is 0.228 e. The van der Waals surface area contributed by atoms with E-state index in [9.17, 15) is 0 Å². The number of rotatable bonds is 4. The highest BCUT2D eigenvalue weighted by Gasteiger charge is 2.12. The number of hydrogen-bond donors (Lipinski definition) is 0. The topological polar surface area (TPSA) is 56.7 Å². The molecule has 104 valence electrons. The van der Waals surface area contributed by atoms with Gasteiger partial charge in [-0.15, -0.1) is 11.6 Å². The van der Waals surface area contributed by atoms with Crippen LogP contribution in [0, 0.1) is 6.92 Å². The second-order valence-corrected chi connectivity index (χ2v) is 5.14. The van der Waals surface area contributed by atoms with Gasteiger partial charge in [0.2, 0.25) is 5.89 Å². The second-order valence-electron chi connectivity index (χ2n) is 4.43. The van der Waals surface area contributed by atoms with Crippen LogP contribution in [0.4, 0.5) is 0 Å². The average Bonchev–Trinajstić information content (AvgIpc) is 2.99. The fraction of sp³-hybridized carbons (Fsp3) is 0.308. The van der Waals surface area contributed by atoms with Gasteiger partial charge in [-0.05, 0) is 25.1 Å². The third-order valence-electron chi connectivity index (χ3n) is 3.03. The fourth-order valence-corrected chi connectivity index (χ4v) is 2.52. The van der Waals surface area contributed by atoms with Crippen LogP contribution in [0.1, 0.15) is 17.5 Å². The van der Waals surface area contributed by atoms with Gasteiger partial charge < -0.3 is 9.09 Å². The summed E-state index contributed by atoms with van der Waals surface area (Å²) in [6, 6.07) is 5.60. The predicted molar refractivity (Wildman–Crippen MR) is 77.0 cm³/mol. The quantitative estimate of drug-likeness (QED) is 0.693. The molecule has 0 fully saturated rings. The Morgan fingerprint density at radius 1 is 1.30 bits per heavy atom. The minimum atomic E-state index is 0.342. The number of aryl methyl sites for hydroxylation is 3. The molecule has 3 rings (SSSR count). The van der Waals surface area contributed by atoms with Gasteiger partial charge in [0.15, 0.2) is 5.82 Å². The van der Waals surface area contributed by atoms with Crippen LogP contribution in [-0.4, -0.2) is 19.7 Å². The third-order valence-corrected chi connectivity index (χ3v) is 3.50. The van der Waals surface area contributed by atoms with Crippen molar-refractivity contribution in [3.8, 4) is 0 Å². The molecule has 3 aromatic rings. The summed E-state index contributed by atoms with van der Waals surface area (Å²) in [6.45, 7) is 2.46. The van der Waals surface area contributed by atoms with Crippen molar-refractivity contribution < 1.29 is 4.52 Å². The molecule has 1 aromatic carbocycles. The number of imidazole rings is 1. The molecule has 0 saturated heterocycles. The highest BCUT2D eigenvalue weighted by Crippen LogP contribution is 2.22. The number of benzene rings is 1. The molecule has 20 heavy (non-hydrogen) atoms. The normalized spacial score (nSPS) is 11.3. The molecule has 0 atom stereocenters. The van der Waals surface area contributed by atoms with Crippen LogP contribution in [0.15, 0.2) is 22.7 Å². The Bertz CT molecular complexity index is 750. The van der Waals surface area contributed by atoms with Crippen LogP contribution >= 0.6 is 23.2 Å². The first-order chi connectivity index (χ1) is 9.67. The van der Waals surface area contributed by atoms with E-state index in [0.29, 0.717) is 35.6 Å². The van der Waals surface area contributed by atoms with Crippen molar-refractivity contribution >= 4 is 34.2 Å². The van der Waals surface area contributed by atoms with E-state index in [4.69, 9.17) is 27.7 Å². The monoisotopic (exact) mass is 310 g/mol. The van der Waals surface area contributed by atoms with Crippen molar-refractivity contribution in [2.24, 2.45) is 0 Å². The van der Waals surface area contributed by atoms with Crippen LogP contribution in [0.25, 0.3) is 11.0 Å². The summed E-state index contributed by atoms with van der Waals surface area (Å²) in [5.74, 6) is 2.39. The van der Waals surface area contributed by atoms with Crippen LogP contribution in [0.3, 0.4) is 0 Å². The van der Waals surface area contributed by atoms with E-state index in [2.05, 4.69) is 15.1 Å². The van der Waals surface area contributed by atoms with E-state index in [-0.39, 0.29) is 0 Å². The molecule has 0 radical (unpaired) electrons. The van der Waals surface area contributed by atoms with Crippen LogP contribution < -0.4 is 0 Å². The van der Waals surface area contributed by atoms with Crippen molar-refractivity contribution in [2.45, 2.75) is 25.8 Å². The van der Waals surface area contributed by atoms with Gasteiger partial charge in [0.05, 0.1) is 16.9 Å². The zero-order chi connectivity index (χ0) is 14.1. The van der Waals surface area contributed by atoms with Gasteiger partial charge in [-0.3, -0.25) is 0 Å². The van der Waals surface area contributed by atoms with Crippen molar-refractivity contribution in [2.75, 3.05) is 0 Å². The molecule has 0 unspecified atom stereocenters. The maximum absolute atomic E-state index is 6.05. The van der Waals surface area contributed by atoms with Gasteiger partial charge in [-0.25, -0.2) is 4.98 Å². The lowest BCUT2D eigenvalue weighted by molar-refractivity contribution is 0.368. The zero-order valence-electron chi connectivity index (χ0n) is 10.8. The standard InChI is InChI=1S/C13H12Cl2N4O/c1-8-16-13(20-18-8)4-5-19-11-6-9(15)2-3-10(11)17-12(19)7-14/h2-3,6H,4-5,7H2,1H3. The van der Waals surface area contributed by atoms with Gasteiger partial charge in [0.1, 0.15) is 5.82 Å². The minimum Gasteiger partial charge on any atom is -0.339 e. The van der Waals surface area contributed by atoms with Crippen LogP contribution in [-0.2, 0) is 18.8 Å². The highest BCUT2D eigenvalue weighted by molar-refractivity contribution is 6.31. The molecule has 0 aliphatic heterocycles. The number of aromatic nitrogens is 4. The molecule has 0 spiro atoms. The Balaban J connectivity index is 1.94. The molecule has 0 aliphatic rings. The zero-order valence-corrected chi connectivity index (χ0v) is 12.3. The second kappa shape index (κ2) is 5.42. The molecular weight excluding hydrogens is 299 g/mol. The summed E-state index contributed by atoms with van der Waals surface area (Å²) in [7, 11) is 0. The van der Waals surface area contributed by atoms with E-state index < -0.39 is 0 Å². The Morgan fingerprint density at radius 2 is 2.15 bits per heavy atom. The fourth-order valence-electron chi connectivity index (χ4n) is 2.15.